The maximum Gasteiger partial charge on any atom is 0.246 e. The van der Waals surface area contributed by atoms with Crippen LogP contribution in [0.15, 0.2) is 24.3 Å². The number of carbonyl (C=O) groups excluding carboxylic acids is 2. The van der Waals surface area contributed by atoms with Gasteiger partial charge in [0.2, 0.25) is 11.8 Å². The molecule has 0 spiro atoms. The zero-order valence-corrected chi connectivity index (χ0v) is 18.5. The summed E-state index contributed by atoms with van der Waals surface area (Å²) in [6.45, 7) is 10.5. The lowest BCUT2D eigenvalue weighted by molar-refractivity contribution is -0.789. The molecule has 0 radical (unpaired) electrons. The van der Waals surface area contributed by atoms with Crippen molar-refractivity contribution < 1.29 is 14.9 Å². The van der Waals surface area contributed by atoms with Crippen molar-refractivity contribution in [2.75, 3.05) is 13.1 Å². The minimum absolute atomic E-state index is 0.0739. The molecule has 2 aromatic rings. The SMILES string of the molecule is CC1(C)CC(CN2CC(=O)N3Cc4[nH]c5ccccc5c4C[C@H]3C2=O)CC(C)(C)[NH2+]1. The molecule has 0 aliphatic carbocycles. The highest BCUT2D eigenvalue weighted by molar-refractivity contribution is 5.96. The molecule has 3 aliphatic heterocycles. The number of quaternary nitrogens is 1. The summed E-state index contributed by atoms with van der Waals surface area (Å²) in [5, 5.41) is 3.64. The maximum absolute atomic E-state index is 13.5. The Kier molecular flexibility index (Phi) is 4.30. The number of piperidine rings is 1. The standard InChI is InChI=1S/C24H32N4O2/c1-23(2)10-15(11-24(3,4)26-23)12-27-14-21(29)28-13-19-17(9-20(28)22(27)30)16-7-5-6-8-18(16)25-19/h5-8,15,20,25-26H,9-14H2,1-4H3/p+1/t20-/m0/s1. The lowest BCUT2D eigenvalue weighted by Gasteiger charge is -2.47. The molecule has 1 atom stereocenters. The molecule has 1 aromatic carbocycles. The van der Waals surface area contributed by atoms with Crippen LogP contribution in [0.25, 0.3) is 10.9 Å². The first-order valence-corrected chi connectivity index (χ1v) is 11.2. The Bertz CT molecular complexity index is 1010. The molecular formula is C24H33N4O2+. The van der Waals surface area contributed by atoms with Gasteiger partial charge in [-0.25, -0.2) is 0 Å². The van der Waals surface area contributed by atoms with Crippen LogP contribution < -0.4 is 5.32 Å². The van der Waals surface area contributed by atoms with Crippen LogP contribution in [0.5, 0.6) is 0 Å². The van der Waals surface area contributed by atoms with Gasteiger partial charge in [-0.2, -0.15) is 0 Å². The number of nitrogens with one attached hydrogen (secondary N) is 1. The second-order valence-corrected chi connectivity index (χ2v) is 11.0. The Labute approximate surface area is 178 Å². The molecule has 2 fully saturated rings. The van der Waals surface area contributed by atoms with Gasteiger partial charge in [-0.15, -0.1) is 0 Å². The number of H-pyrrole nitrogens is 1. The van der Waals surface area contributed by atoms with E-state index in [0.29, 0.717) is 25.4 Å². The van der Waals surface area contributed by atoms with Crippen LogP contribution in [0, 0.1) is 5.92 Å². The molecular weight excluding hydrogens is 376 g/mol. The third kappa shape index (κ3) is 3.31. The van der Waals surface area contributed by atoms with E-state index in [1.807, 2.05) is 17.0 Å². The highest BCUT2D eigenvalue weighted by Gasteiger charge is 2.46. The van der Waals surface area contributed by atoms with Crippen molar-refractivity contribution >= 4 is 22.7 Å². The summed E-state index contributed by atoms with van der Waals surface area (Å²) in [6, 6.07) is 7.85. The Balaban J connectivity index is 1.39. The second-order valence-electron chi connectivity index (χ2n) is 11.0. The molecule has 160 valence electrons. The first-order chi connectivity index (χ1) is 14.1. The fourth-order valence-corrected chi connectivity index (χ4v) is 6.56. The quantitative estimate of drug-likeness (QED) is 0.794. The molecule has 6 heteroatoms. The maximum atomic E-state index is 13.5. The van der Waals surface area contributed by atoms with Crippen molar-refractivity contribution in [3.05, 3.63) is 35.5 Å². The smallest absolute Gasteiger partial charge is 0.246 e. The molecule has 2 amide bonds. The number of aromatic amines is 1. The van der Waals surface area contributed by atoms with Crippen molar-refractivity contribution in [2.24, 2.45) is 5.92 Å². The summed E-state index contributed by atoms with van der Waals surface area (Å²) in [4.78, 5) is 33.6. The van der Waals surface area contributed by atoms with E-state index < -0.39 is 0 Å². The summed E-state index contributed by atoms with van der Waals surface area (Å²) in [5.74, 6) is 0.621. The highest BCUT2D eigenvalue weighted by Crippen LogP contribution is 2.34. The fourth-order valence-electron chi connectivity index (χ4n) is 6.56. The van der Waals surface area contributed by atoms with Crippen LogP contribution in [-0.4, -0.2) is 56.8 Å². The molecule has 0 unspecified atom stereocenters. The van der Waals surface area contributed by atoms with E-state index in [1.54, 1.807) is 4.90 Å². The number of rotatable bonds is 2. The number of benzene rings is 1. The number of aromatic nitrogens is 1. The number of hydrogen-bond acceptors (Lipinski definition) is 2. The molecule has 4 heterocycles. The highest BCUT2D eigenvalue weighted by atomic mass is 16.2. The number of nitrogens with zero attached hydrogens (tertiary/aromatic N) is 2. The average Bonchev–Trinajstić information content (AvgIpc) is 3.00. The third-order valence-electron chi connectivity index (χ3n) is 7.14. The van der Waals surface area contributed by atoms with Crippen LogP contribution >= 0.6 is 0 Å². The van der Waals surface area contributed by atoms with Crippen molar-refractivity contribution in [3.8, 4) is 0 Å². The van der Waals surface area contributed by atoms with Gasteiger partial charge >= 0.3 is 0 Å². The summed E-state index contributed by atoms with van der Waals surface area (Å²) in [7, 11) is 0. The van der Waals surface area contributed by atoms with Gasteiger partial charge < -0.3 is 20.1 Å². The predicted molar refractivity (Wildman–Crippen MR) is 116 cm³/mol. The fraction of sp³-hybridized carbons (Fsp3) is 0.583. The molecule has 0 bridgehead atoms. The molecule has 3 aliphatic rings. The molecule has 5 rings (SSSR count). The minimum atomic E-state index is -0.367. The van der Waals surface area contributed by atoms with E-state index >= 15 is 0 Å². The van der Waals surface area contributed by atoms with E-state index in [-0.39, 0.29) is 35.5 Å². The van der Waals surface area contributed by atoms with Crippen molar-refractivity contribution in [3.63, 3.8) is 0 Å². The lowest BCUT2D eigenvalue weighted by Crippen LogP contribution is -3.05. The molecule has 6 nitrogen and oxygen atoms in total. The van der Waals surface area contributed by atoms with E-state index in [4.69, 9.17) is 0 Å². The summed E-state index contributed by atoms with van der Waals surface area (Å²) < 4.78 is 0. The number of amides is 2. The summed E-state index contributed by atoms with van der Waals surface area (Å²) in [6.07, 6.45) is 2.74. The zero-order chi connectivity index (χ0) is 21.3. The molecule has 30 heavy (non-hydrogen) atoms. The predicted octanol–water partition coefficient (Wildman–Crippen LogP) is 1.79. The topological polar surface area (TPSA) is 73.0 Å². The second kappa shape index (κ2) is 6.58. The number of fused-ring (bicyclic) bond motifs is 4. The molecule has 1 aromatic heterocycles. The number of para-hydroxylation sites is 1. The Morgan fingerprint density at radius 2 is 1.77 bits per heavy atom. The normalized spacial score (nSPS) is 26.1. The van der Waals surface area contributed by atoms with Gasteiger partial charge in [0.25, 0.3) is 0 Å². The molecule has 0 saturated carbocycles. The van der Waals surface area contributed by atoms with Crippen LogP contribution in [0.2, 0.25) is 0 Å². The summed E-state index contributed by atoms with van der Waals surface area (Å²) in [5.41, 5.74) is 3.68. The number of piperazine rings is 1. The summed E-state index contributed by atoms with van der Waals surface area (Å²) >= 11 is 0. The molecule has 3 N–H and O–H groups in total. The monoisotopic (exact) mass is 409 g/mol. The van der Waals surface area contributed by atoms with Crippen LogP contribution in [0.3, 0.4) is 0 Å². The average molecular weight is 410 g/mol. The first-order valence-electron chi connectivity index (χ1n) is 11.2. The van der Waals surface area contributed by atoms with Crippen molar-refractivity contribution in [2.45, 2.75) is 70.6 Å². The minimum Gasteiger partial charge on any atom is -0.357 e. The molecule has 2 saturated heterocycles. The number of hydrogen-bond donors (Lipinski definition) is 2. The lowest BCUT2D eigenvalue weighted by atomic mass is 9.75. The Morgan fingerprint density at radius 3 is 2.50 bits per heavy atom. The van der Waals surface area contributed by atoms with Gasteiger partial charge in [-0.3, -0.25) is 9.59 Å². The van der Waals surface area contributed by atoms with E-state index in [0.717, 1.165) is 24.1 Å². The van der Waals surface area contributed by atoms with Crippen molar-refractivity contribution in [1.29, 1.82) is 0 Å². The van der Waals surface area contributed by atoms with Crippen molar-refractivity contribution in [1.82, 2.24) is 14.8 Å². The van der Waals surface area contributed by atoms with Gasteiger partial charge in [-0.1, -0.05) is 18.2 Å². The number of nitrogens with two attached hydrogens (primary N) is 1. The van der Waals surface area contributed by atoms with Crippen LogP contribution in [-0.2, 0) is 22.6 Å². The zero-order valence-electron chi connectivity index (χ0n) is 18.5. The largest absolute Gasteiger partial charge is 0.357 e. The Morgan fingerprint density at radius 1 is 1.07 bits per heavy atom. The van der Waals surface area contributed by atoms with Gasteiger partial charge in [-0.05, 0) is 45.2 Å². The van der Waals surface area contributed by atoms with E-state index in [2.05, 4.69) is 50.1 Å². The van der Waals surface area contributed by atoms with E-state index in [9.17, 15) is 9.59 Å². The number of carbonyl (C=O) groups is 2. The van der Waals surface area contributed by atoms with Crippen LogP contribution in [0.1, 0.15) is 51.8 Å². The van der Waals surface area contributed by atoms with Gasteiger partial charge in [0.1, 0.15) is 6.04 Å². The van der Waals surface area contributed by atoms with Gasteiger partial charge in [0.05, 0.1) is 24.2 Å². The van der Waals surface area contributed by atoms with Crippen LogP contribution in [0.4, 0.5) is 0 Å². The van der Waals surface area contributed by atoms with Gasteiger partial charge in [0.15, 0.2) is 0 Å². The van der Waals surface area contributed by atoms with E-state index in [1.165, 1.54) is 10.9 Å². The first kappa shape index (κ1) is 19.6. The third-order valence-corrected chi connectivity index (χ3v) is 7.14. The Hall–Kier alpha value is -2.34. The van der Waals surface area contributed by atoms with Gasteiger partial charge in [0, 0.05) is 42.4 Å².